The average Bonchev–Trinajstić information content (AvgIpc) is 2.70. The van der Waals surface area contributed by atoms with Crippen molar-refractivity contribution in [3.63, 3.8) is 0 Å². The van der Waals surface area contributed by atoms with E-state index in [2.05, 4.69) is 0 Å². The fourth-order valence-corrected chi connectivity index (χ4v) is 1.81. The summed E-state index contributed by atoms with van der Waals surface area (Å²) in [6.07, 6.45) is 5.34. The van der Waals surface area contributed by atoms with Crippen LogP contribution in [0.1, 0.15) is 46.0 Å². The molecule has 1 aliphatic heterocycles. The molecule has 0 radical (unpaired) electrons. The van der Waals surface area contributed by atoms with Gasteiger partial charge in [0.25, 0.3) is 0 Å². The van der Waals surface area contributed by atoms with Gasteiger partial charge in [-0.2, -0.15) is 0 Å². The fraction of sp³-hybridized carbons (Fsp3) is 0.917. The van der Waals surface area contributed by atoms with Gasteiger partial charge in [0.05, 0.1) is 6.10 Å². The van der Waals surface area contributed by atoms with Gasteiger partial charge < -0.3 is 10.5 Å². The van der Waals surface area contributed by atoms with Crippen molar-refractivity contribution in [2.45, 2.75) is 52.1 Å². The number of ketones is 1. The van der Waals surface area contributed by atoms with Gasteiger partial charge in [0.1, 0.15) is 5.78 Å². The van der Waals surface area contributed by atoms with Crippen LogP contribution in [0.4, 0.5) is 0 Å². The monoisotopic (exact) mass is 213 g/mol. The Morgan fingerprint density at radius 2 is 2.27 bits per heavy atom. The first-order valence-electron chi connectivity index (χ1n) is 5.91. The minimum atomic E-state index is -0.351. The second-order valence-electron chi connectivity index (χ2n) is 5.04. The topological polar surface area (TPSA) is 52.3 Å². The third-order valence-corrected chi connectivity index (χ3v) is 3.22. The minimum absolute atomic E-state index is 0.281. The zero-order valence-corrected chi connectivity index (χ0v) is 9.92. The molecule has 0 spiro atoms. The van der Waals surface area contributed by atoms with E-state index in [9.17, 15) is 4.79 Å². The van der Waals surface area contributed by atoms with Crippen molar-refractivity contribution < 1.29 is 9.53 Å². The molecule has 0 aromatic heterocycles. The summed E-state index contributed by atoms with van der Waals surface area (Å²) in [4.78, 5) is 11.7. The van der Waals surface area contributed by atoms with E-state index in [0.717, 1.165) is 25.9 Å². The maximum absolute atomic E-state index is 11.7. The number of carbonyl (C=O) groups is 1. The van der Waals surface area contributed by atoms with E-state index in [1.54, 1.807) is 0 Å². The summed E-state index contributed by atoms with van der Waals surface area (Å²) < 4.78 is 5.51. The smallest absolute Gasteiger partial charge is 0.139 e. The van der Waals surface area contributed by atoms with E-state index < -0.39 is 0 Å². The molecule has 2 N–H and O–H groups in total. The van der Waals surface area contributed by atoms with Crippen molar-refractivity contribution in [3.8, 4) is 0 Å². The van der Waals surface area contributed by atoms with Gasteiger partial charge >= 0.3 is 0 Å². The Bertz CT molecular complexity index is 208. The second kappa shape index (κ2) is 5.61. The quantitative estimate of drug-likeness (QED) is 0.733. The van der Waals surface area contributed by atoms with Crippen LogP contribution in [0.15, 0.2) is 0 Å². The average molecular weight is 213 g/mol. The van der Waals surface area contributed by atoms with Crippen molar-refractivity contribution >= 4 is 5.78 Å². The lowest BCUT2D eigenvalue weighted by Gasteiger charge is -2.20. The van der Waals surface area contributed by atoms with Crippen LogP contribution in [0.3, 0.4) is 0 Å². The molecule has 1 fully saturated rings. The molecular formula is C12H23NO2. The predicted molar refractivity (Wildman–Crippen MR) is 60.7 cm³/mol. The molecule has 0 saturated carbocycles. The molecule has 3 nitrogen and oxygen atoms in total. The highest BCUT2D eigenvalue weighted by atomic mass is 16.5. The number of nitrogens with two attached hydrogens (primary N) is 1. The van der Waals surface area contributed by atoms with Gasteiger partial charge in [0.2, 0.25) is 0 Å². The maximum Gasteiger partial charge on any atom is 0.139 e. The Balaban J connectivity index is 2.16. The molecule has 0 aliphatic carbocycles. The number of rotatable bonds is 6. The molecule has 1 aliphatic rings. The second-order valence-corrected chi connectivity index (χ2v) is 5.04. The van der Waals surface area contributed by atoms with E-state index in [0.29, 0.717) is 19.1 Å². The largest absolute Gasteiger partial charge is 0.378 e. The lowest BCUT2D eigenvalue weighted by atomic mass is 9.85. The summed E-state index contributed by atoms with van der Waals surface area (Å²) in [6.45, 7) is 5.17. The van der Waals surface area contributed by atoms with E-state index in [4.69, 9.17) is 10.5 Å². The molecule has 1 rings (SSSR count). The molecule has 3 heteroatoms. The first-order chi connectivity index (χ1) is 7.06. The first-order valence-corrected chi connectivity index (χ1v) is 5.91. The van der Waals surface area contributed by atoms with Gasteiger partial charge in [0, 0.05) is 25.0 Å². The van der Waals surface area contributed by atoms with Crippen LogP contribution in [0.5, 0.6) is 0 Å². The van der Waals surface area contributed by atoms with E-state index in [1.165, 1.54) is 6.42 Å². The van der Waals surface area contributed by atoms with Crippen LogP contribution in [0.2, 0.25) is 0 Å². The summed E-state index contributed by atoms with van der Waals surface area (Å²) in [5.74, 6) is 0.281. The van der Waals surface area contributed by atoms with Gasteiger partial charge in [-0.25, -0.2) is 0 Å². The third kappa shape index (κ3) is 3.92. The maximum atomic E-state index is 11.7. The number of Topliss-reactive ketones (excluding diaryl/α,β-unsaturated/α-hetero) is 1. The van der Waals surface area contributed by atoms with E-state index in [-0.39, 0.29) is 11.2 Å². The Morgan fingerprint density at radius 3 is 2.80 bits per heavy atom. The van der Waals surface area contributed by atoms with Gasteiger partial charge in [-0.05, 0) is 25.7 Å². The molecule has 1 saturated heterocycles. The molecule has 88 valence electrons. The number of ether oxygens (including phenoxy) is 1. The standard InChI is InChI=1S/C12H23NO2/c1-12(2,9-13)11(14)7-3-5-10-6-4-8-15-10/h10H,3-9,13H2,1-2H3. The van der Waals surface area contributed by atoms with E-state index >= 15 is 0 Å². The van der Waals surface area contributed by atoms with Gasteiger partial charge in [-0.3, -0.25) is 4.79 Å². The normalized spacial score (nSPS) is 21.9. The van der Waals surface area contributed by atoms with Crippen LogP contribution < -0.4 is 5.73 Å². The van der Waals surface area contributed by atoms with Crippen LogP contribution in [0, 0.1) is 5.41 Å². The molecule has 0 amide bonds. The molecule has 15 heavy (non-hydrogen) atoms. The van der Waals surface area contributed by atoms with Gasteiger partial charge in [0.15, 0.2) is 0 Å². The number of hydrogen-bond acceptors (Lipinski definition) is 3. The Hall–Kier alpha value is -0.410. The molecule has 0 aromatic carbocycles. The summed E-state index contributed by atoms with van der Waals surface area (Å²) in [5.41, 5.74) is 5.20. The fourth-order valence-electron chi connectivity index (χ4n) is 1.81. The lowest BCUT2D eigenvalue weighted by Crippen LogP contribution is -2.32. The van der Waals surface area contributed by atoms with Crippen molar-refractivity contribution in [3.05, 3.63) is 0 Å². The van der Waals surface area contributed by atoms with E-state index in [1.807, 2.05) is 13.8 Å². The lowest BCUT2D eigenvalue weighted by molar-refractivity contribution is -0.126. The molecule has 1 unspecified atom stereocenters. The third-order valence-electron chi connectivity index (χ3n) is 3.22. The highest BCUT2D eigenvalue weighted by Crippen LogP contribution is 2.21. The molecule has 1 heterocycles. The number of carbonyl (C=O) groups excluding carboxylic acids is 1. The van der Waals surface area contributed by atoms with Crippen molar-refractivity contribution in [1.29, 1.82) is 0 Å². The molecule has 0 aromatic rings. The molecule has 1 atom stereocenters. The summed E-state index contributed by atoms with van der Waals surface area (Å²) in [7, 11) is 0. The minimum Gasteiger partial charge on any atom is -0.378 e. The van der Waals surface area contributed by atoms with Crippen molar-refractivity contribution in [2.75, 3.05) is 13.2 Å². The summed E-state index contributed by atoms with van der Waals surface area (Å²) in [6, 6.07) is 0. The zero-order valence-electron chi connectivity index (χ0n) is 9.92. The van der Waals surface area contributed by atoms with Crippen molar-refractivity contribution in [2.24, 2.45) is 11.1 Å². The van der Waals surface area contributed by atoms with Crippen LogP contribution >= 0.6 is 0 Å². The predicted octanol–water partition coefficient (Wildman–Crippen LogP) is 1.89. The SMILES string of the molecule is CC(C)(CN)C(=O)CCCC1CCCO1. The van der Waals surface area contributed by atoms with Crippen LogP contribution in [-0.4, -0.2) is 25.0 Å². The highest BCUT2D eigenvalue weighted by molar-refractivity contribution is 5.84. The van der Waals surface area contributed by atoms with Crippen LogP contribution in [-0.2, 0) is 9.53 Å². The van der Waals surface area contributed by atoms with Crippen LogP contribution in [0.25, 0.3) is 0 Å². The Kier molecular flexibility index (Phi) is 4.74. The summed E-state index contributed by atoms with van der Waals surface area (Å²) >= 11 is 0. The Labute approximate surface area is 92.4 Å². The number of hydrogen-bond donors (Lipinski definition) is 1. The summed E-state index contributed by atoms with van der Waals surface area (Å²) in [5, 5.41) is 0. The highest BCUT2D eigenvalue weighted by Gasteiger charge is 2.25. The zero-order chi connectivity index (χ0) is 11.3. The first kappa shape index (κ1) is 12.7. The Morgan fingerprint density at radius 1 is 1.53 bits per heavy atom. The molecule has 0 bridgehead atoms. The van der Waals surface area contributed by atoms with Gasteiger partial charge in [-0.1, -0.05) is 13.8 Å². The molecular weight excluding hydrogens is 190 g/mol. The van der Waals surface area contributed by atoms with Gasteiger partial charge in [-0.15, -0.1) is 0 Å². The van der Waals surface area contributed by atoms with Crippen molar-refractivity contribution in [1.82, 2.24) is 0 Å².